The van der Waals surface area contributed by atoms with Gasteiger partial charge < -0.3 is 9.47 Å². The highest BCUT2D eigenvalue weighted by atomic mass is 16.6. The molecular formula is C15H10O5. The SMILES string of the molecule is O=C(Oc1ccccc1)C(=O)C(=O)Oc1ccccc1. The second-order valence-corrected chi connectivity index (χ2v) is 3.73. The Balaban J connectivity index is 1.97. The molecule has 0 radical (unpaired) electrons. The monoisotopic (exact) mass is 270 g/mol. The van der Waals surface area contributed by atoms with Crippen LogP contribution < -0.4 is 9.47 Å². The number of rotatable bonds is 4. The van der Waals surface area contributed by atoms with Gasteiger partial charge in [-0.1, -0.05) is 36.4 Å². The Morgan fingerprint density at radius 2 is 0.950 bits per heavy atom. The molecule has 0 saturated carbocycles. The molecule has 0 bridgehead atoms. The van der Waals surface area contributed by atoms with Crippen LogP contribution in [-0.2, 0) is 14.4 Å². The number of ether oxygens (including phenoxy) is 2. The summed E-state index contributed by atoms with van der Waals surface area (Å²) in [5, 5.41) is 0. The lowest BCUT2D eigenvalue weighted by atomic mass is 10.3. The Bertz CT molecular complexity index is 564. The zero-order valence-corrected chi connectivity index (χ0v) is 10.3. The van der Waals surface area contributed by atoms with Crippen molar-refractivity contribution in [3.63, 3.8) is 0 Å². The van der Waals surface area contributed by atoms with Crippen LogP contribution in [0.3, 0.4) is 0 Å². The largest absolute Gasteiger partial charge is 0.420 e. The second-order valence-electron chi connectivity index (χ2n) is 3.73. The van der Waals surface area contributed by atoms with Crippen molar-refractivity contribution >= 4 is 17.7 Å². The van der Waals surface area contributed by atoms with Gasteiger partial charge >= 0.3 is 17.7 Å². The van der Waals surface area contributed by atoms with Crippen molar-refractivity contribution in [2.24, 2.45) is 0 Å². The molecule has 0 aliphatic rings. The first-order valence-corrected chi connectivity index (χ1v) is 5.75. The van der Waals surface area contributed by atoms with E-state index in [1.54, 1.807) is 36.4 Å². The first-order valence-electron chi connectivity index (χ1n) is 5.75. The molecule has 2 rings (SSSR count). The average Bonchev–Trinajstić information content (AvgIpc) is 2.48. The van der Waals surface area contributed by atoms with Gasteiger partial charge in [-0.25, -0.2) is 9.59 Å². The van der Waals surface area contributed by atoms with Crippen LogP contribution >= 0.6 is 0 Å². The number of hydrogen-bond acceptors (Lipinski definition) is 5. The number of ketones is 1. The van der Waals surface area contributed by atoms with Gasteiger partial charge in [0.15, 0.2) is 0 Å². The zero-order valence-electron chi connectivity index (χ0n) is 10.3. The quantitative estimate of drug-likeness (QED) is 0.366. The molecule has 2 aromatic rings. The first-order chi connectivity index (χ1) is 9.66. The minimum atomic E-state index is -1.36. The maximum atomic E-state index is 11.5. The Morgan fingerprint density at radius 1 is 0.600 bits per heavy atom. The van der Waals surface area contributed by atoms with Crippen molar-refractivity contribution in [2.45, 2.75) is 0 Å². The summed E-state index contributed by atoms with van der Waals surface area (Å²) >= 11 is 0. The van der Waals surface area contributed by atoms with E-state index in [2.05, 4.69) is 0 Å². The van der Waals surface area contributed by atoms with Crippen molar-refractivity contribution in [2.75, 3.05) is 0 Å². The Kier molecular flexibility index (Phi) is 4.24. The number of Topliss-reactive ketones (excluding diaryl/α,β-unsaturated/α-hetero) is 1. The van der Waals surface area contributed by atoms with Gasteiger partial charge in [0.2, 0.25) is 0 Å². The van der Waals surface area contributed by atoms with E-state index in [0.717, 1.165) is 0 Å². The third-order valence-electron chi connectivity index (χ3n) is 2.28. The predicted molar refractivity (Wildman–Crippen MR) is 69.2 cm³/mol. The summed E-state index contributed by atoms with van der Waals surface area (Å²) in [6.45, 7) is 0. The topological polar surface area (TPSA) is 69.7 Å². The molecule has 0 saturated heterocycles. The number of benzene rings is 2. The molecule has 0 atom stereocenters. The molecule has 5 nitrogen and oxygen atoms in total. The average molecular weight is 270 g/mol. The van der Waals surface area contributed by atoms with E-state index in [9.17, 15) is 14.4 Å². The summed E-state index contributed by atoms with van der Waals surface area (Å²) < 4.78 is 9.49. The van der Waals surface area contributed by atoms with Crippen molar-refractivity contribution < 1.29 is 23.9 Å². The Hall–Kier alpha value is -2.95. The van der Waals surface area contributed by atoms with Crippen LogP contribution in [0.25, 0.3) is 0 Å². The van der Waals surface area contributed by atoms with E-state index in [1.165, 1.54) is 24.3 Å². The lowest BCUT2D eigenvalue weighted by Gasteiger charge is -2.03. The molecule has 100 valence electrons. The highest BCUT2D eigenvalue weighted by Crippen LogP contribution is 2.10. The highest BCUT2D eigenvalue weighted by molar-refractivity contribution is 6.60. The third kappa shape index (κ3) is 3.52. The summed E-state index contributed by atoms with van der Waals surface area (Å²) in [7, 11) is 0. The van der Waals surface area contributed by atoms with E-state index in [-0.39, 0.29) is 11.5 Å². The molecular weight excluding hydrogens is 260 g/mol. The summed E-state index contributed by atoms with van der Waals surface area (Å²) in [6.07, 6.45) is 0. The molecule has 0 aromatic heterocycles. The number of para-hydroxylation sites is 2. The maximum absolute atomic E-state index is 11.5. The summed E-state index contributed by atoms with van der Waals surface area (Å²) in [5.41, 5.74) is 0. The van der Waals surface area contributed by atoms with Crippen molar-refractivity contribution in [1.82, 2.24) is 0 Å². The number of hydrogen-bond donors (Lipinski definition) is 0. The normalized spacial score (nSPS) is 9.60. The van der Waals surface area contributed by atoms with Crippen LogP contribution in [0.15, 0.2) is 60.7 Å². The summed E-state index contributed by atoms with van der Waals surface area (Å²) in [5.74, 6) is -3.57. The van der Waals surface area contributed by atoms with E-state index < -0.39 is 17.7 Å². The second kappa shape index (κ2) is 6.29. The minimum Gasteiger partial charge on any atom is -0.420 e. The Labute approximate surface area is 114 Å². The fourth-order valence-corrected chi connectivity index (χ4v) is 1.37. The van der Waals surface area contributed by atoms with Gasteiger partial charge in [-0.05, 0) is 24.3 Å². The van der Waals surface area contributed by atoms with Crippen molar-refractivity contribution in [3.05, 3.63) is 60.7 Å². The fraction of sp³-hybridized carbons (Fsp3) is 0. The molecule has 0 amide bonds. The van der Waals surface area contributed by atoms with Crippen molar-refractivity contribution in [1.29, 1.82) is 0 Å². The molecule has 0 unspecified atom stereocenters. The van der Waals surface area contributed by atoms with Gasteiger partial charge in [0.05, 0.1) is 0 Å². The van der Waals surface area contributed by atoms with E-state index in [4.69, 9.17) is 9.47 Å². The summed E-state index contributed by atoms with van der Waals surface area (Å²) in [4.78, 5) is 34.4. The maximum Gasteiger partial charge on any atom is 0.392 e. The lowest BCUT2D eigenvalue weighted by molar-refractivity contribution is -0.156. The van der Waals surface area contributed by atoms with Gasteiger partial charge in [-0.15, -0.1) is 0 Å². The molecule has 0 spiro atoms. The predicted octanol–water partition coefficient (Wildman–Crippen LogP) is 1.77. The van der Waals surface area contributed by atoms with Crippen LogP contribution in [0.4, 0.5) is 0 Å². The fourth-order valence-electron chi connectivity index (χ4n) is 1.37. The number of esters is 2. The molecule has 20 heavy (non-hydrogen) atoms. The van der Waals surface area contributed by atoms with Gasteiger partial charge in [-0.3, -0.25) is 4.79 Å². The molecule has 0 fully saturated rings. The van der Waals surface area contributed by atoms with Crippen LogP contribution in [0.5, 0.6) is 11.5 Å². The number of carbonyl (C=O) groups is 3. The molecule has 5 heteroatoms. The molecule has 0 N–H and O–H groups in total. The molecule has 2 aromatic carbocycles. The number of carbonyl (C=O) groups excluding carboxylic acids is 3. The minimum absolute atomic E-state index is 0.179. The van der Waals surface area contributed by atoms with Gasteiger partial charge in [0.1, 0.15) is 11.5 Å². The smallest absolute Gasteiger partial charge is 0.392 e. The van der Waals surface area contributed by atoms with E-state index in [0.29, 0.717) is 0 Å². The van der Waals surface area contributed by atoms with Crippen LogP contribution in [0.2, 0.25) is 0 Å². The molecule has 0 aliphatic carbocycles. The van der Waals surface area contributed by atoms with E-state index in [1.807, 2.05) is 0 Å². The molecule has 0 heterocycles. The van der Waals surface area contributed by atoms with Crippen LogP contribution in [0.1, 0.15) is 0 Å². The van der Waals surface area contributed by atoms with Gasteiger partial charge in [0, 0.05) is 0 Å². The highest BCUT2D eigenvalue weighted by Gasteiger charge is 2.27. The van der Waals surface area contributed by atoms with Gasteiger partial charge in [0.25, 0.3) is 0 Å². The zero-order chi connectivity index (χ0) is 14.4. The van der Waals surface area contributed by atoms with Crippen LogP contribution in [-0.4, -0.2) is 17.7 Å². The first kappa shape index (κ1) is 13.5. The van der Waals surface area contributed by atoms with Crippen LogP contribution in [0, 0.1) is 0 Å². The molecule has 0 aliphatic heterocycles. The standard InChI is InChI=1S/C15H10O5/c16-13(14(17)19-11-7-3-1-4-8-11)15(18)20-12-9-5-2-6-10-12/h1-10H. The lowest BCUT2D eigenvalue weighted by Crippen LogP contribution is -2.31. The van der Waals surface area contributed by atoms with E-state index >= 15 is 0 Å². The Morgan fingerprint density at radius 3 is 1.30 bits per heavy atom. The third-order valence-corrected chi connectivity index (χ3v) is 2.28. The van der Waals surface area contributed by atoms with Gasteiger partial charge in [-0.2, -0.15) is 0 Å². The van der Waals surface area contributed by atoms with Crippen molar-refractivity contribution in [3.8, 4) is 11.5 Å². The summed E-state index contributed by atoms with van der Waals surface area (Å²) in [6, 6.07) is 16.0.